The lowest BCUT2D eigenvalue weighted by molar-refractivity contribution is 0.0894. The van der Waals surface area contributed by atoms with E-state index in [9.17, 15) is 9.59 Å². The number of Topliss-reactive ketones (excluding diaryl/α,β-unsaturated/α-hetero) is 2. The molecular formula is C18H18O3. The predicted octanol–water partition coefficient (Wildman–Crippen LogP) is 3.93. The Morgan fingerprint density at radius 2 is 1.38 bits per heavy atom. The highest BCUT2D eigenvalue weighted by Gasteiger charge is 2.13. The molecule has 108 valence electrons. The predicted molar refractivity (Wildman–Crippen MR) is 81.9 cm³/mol. The lowest BCUT2D eigenvalue weighted by Crippen LogP contribution is -2.09. The molecule has 0 aliphatic rings. The van der Waals surface area contributed by atoms with E-state index in [-0.39, 0.29) is 24.1 Å². The van der Waals surface area contributed by atoms with Crippen LogP contribution < -0.4 is 4.74 Å². The Morgan fingerprint density at radius 3 is 1.90 bits per heavy atom. The third-order valence-electron chi connectivity index (χ3n) is 2.96. The van der Waals surface area contributed by atoms with Crippen molar-refractivity contribution in [1.29, 1.82) is 0 Å². The topological polar surface area (TPSA) is 43.4 Å². The monoisotopic (exact) mass is 282 g/mol. The summed E-state index contributed by atoms with van der Waals surface area (Å²) >= 11 is 0. The Bertz CT molecular complexity index is 613. The maximum Gasteiger partial charge on any atom is 0.170 e. The van der Waals surface area contributed by atoms with Crippen molar-refractivity contribution in [3.8, 4) is 5.75 Å². The van der Waals surface area contributed by atoms with Gasteiger partial charge in [0.2, 0.25) is 0 Å². The van der Waals surface area contributed by atoms with Gasteiger partial charge in [0.25, 0.3) is 0 Å². The second-order valence-corrected chi connectivity index (χ2v) is 5.08. The van der Waals surface area contributed by atoms with E-state index >= 15 is 0 Å². The van der Waals surface area contributed by atoms with Crippen LogP contribution in [0.15, 0.2) is 54.6 Å². The summed E-state index contributed by atoms with van der Waals surface area (Å²) in [6.07, 6.45) is -0.0276. The van der Waals surface area contributed by atoms with Crippen LogP contribution in [0, 0.1) is 0 Å². The van der Waals surface area contributed by atoms with Crippen LogP contribution in [0.5, 0.6) is 5.75 Å². The Hall–Kier alpha value is -2.42. The molecule has 0 unspecified atom stereocenters. The van der Waals surface area contributed by atoms with Crippen LogP contribution in [0.4, 0.5) is 0 Å². The number of hydrogen-bond donors (Lipinski definition) is 0. The van der Waals surface area contributed by atoms with Gasteiger partial charge in [-0.2, -0.15) is 0 Å². The number of carbonyl (C=O) groups excluding carboxylic acids is 2. The number of ketones is 2. The van der Waals surface area contributed by atoms with Gasteiger partial charge in [0.15, 0.2) is 11.6 Å². The molecule has 0 N–H and O–H groups in total. The van der Waals surface area contributed by atoms with Gasteiger partial charge in [0, 0.05) is 11.1 Å². The molecule has 21 heavy (non-hydrogen) atoms. The molecular weight excluding hydrogens is 264 g/mol. The van der Waals surface area contributed by atoms with Gasteiger partial charge in [-0.1, -0.05) is 30.3 Å². The Balaban J connectivity index is 2.02. The zero-order valence-electron chi connectivity index (χ0n) is 12.2. The van der Waals surface area contributed by atoms with Gasteiger partial charge >= 0.3 is 0 Å². The van der Waals surface area contributed by atoms with E-state index in [1.54, 1.807) is 48.5 Å². The standard InChI is InChI=1S/C18H18O3/c1-13(2)21-16-10-8-15(9-11-16)18(20)12-17(19)14-6-4-3-5-7-14/h3-11,13H,12H2,1-2H3. The number of benzene rings is 2. The zero-order valence-corrected chi connectivity index (χ0v) is 12.2. The van der Waals surface area contributed by atoms with Crippen LogP contribution in [0.25, 0.3) is 0 Å². The normalized spacial score (nSPS) is 10.4. The summed E-state index contributed by atoms with van der Waals surface area (Å²) in [5.74, 6) is 0.374. The molecule has 0 aliphatic carbocycles. The number of hydrogen-bond acceptors (Lipinski definition) is 3. The number of carbonyl (C=O) groups is 2. The zero-order chi connectivity index (χ0) is 15.2. The van der Waals surface area contributed by atoms with Crippen LogP contribution in [-0.4, -0.2) is 17.7 Å². The molecule has 0 saturated carbocycles. The molecule has 0 aliphatic heterocycles. The minimum absolute atomic E-state index is 0.0891. The highest BCUT2D eigenvalue weighted by atomic mass is 16.5. The third kappa shape index (κ3) is 4.28. The minimum atomic E-state index is -0.181. The molecule has 2 aromatic carbocycles. The molecule has 0 spiro atoms. The van der Waals surface area contributed by atoms with Gasteiger partial charge in [0.05, 0.1) is 12.5 Å². The lowest BCUT2D eigenvalue weighted by atomic mass is 10.0. The van der Waals surface area contributed by atoms with E-state index in [4.69, 9.17) is 4.74 Å². The highest BCUT2D eigenvalue weighted by molar-refractivity contribution is 6.13. The highest BCUT2D eigenvalue weighted by Crippen LogP contribution is 2.16. The molecule has 0 amide bonds. The van der Waals surface area contributed by atoms with Crippen molar-refractivity contribution in [3.63, 3.8) is 0 Å². The van der Waals surface area contributed by atoms with Gasteiger partial charge in [-0.05, 0) is 38.1 Å². The fourth-order valence-corrected chi connectivity index (χ4v) is 1.97. The second kappa shape index (κ2) is 6.84. The molecule has 0 heterocycles. The smallest absolute Gasteiger partial charge is 0.170 e. The summed E-state index contributed by atoms with van der Waals surface area (Å²) < 4.78 is 5.52. The average molecular weight is 282 g/mol. The maximum atomic E-state index is 12.1. The molecule has 2 rings (SSSR count). The minimum Gasteiger partial charge on any atom is -0.491 e. The molecule has 2 aromatic rings. The Kier molecular flexibility index (Phi) is 4.88. The fourth-order valence-electron chi connectivity index (χ4n) is 1.97. The Labute approximate surface area is 124 Å². The molecule has 0 radical (unpaired) electrons. The number of ether oxygens (including phenoxy) is 1. The summed E-state index contributed by atoms with van der Waals surface area (Å²) in [7, 11) is 0. The summed E-state index contributed by atoms with van der Waals surface area (Å²) in [6, 6.07) is 15.7. The van der Waals surface area contributed by atoms with Crippen LogP contribution in [-0.2, 0) is 0 Å². The molecule has 3 nitrogen and oxygen atoms in total. The lowest BCUT2D eigenvalue weighted by Gasteiger charge is -2.09. The van der Waals surface area contributed by atoms with Crippen LogP contribution >= 0.6 is 0 Å². The van der Waals surface area contributed by atoms with Crippen molar-refractivity contribution in [3.05, 3.63) is 65.7 Å². The van der Waals surface area contributed by atoms with Crippen molar-refractivity contribution < 1.29 is 14.3 Å². The average Bonchev–Trinajstić information content (AvgIpc) is 2.48. The first-order chi connectivity index (χ1) is 10.1. The van der Waals surface area contributed by atoms with Gasteiger partial charge in [-0.15, -0.1) is 0 Å². The Morgan fingerprint density at radius 1 is 0.857 bits per heavy atom. The van der Waals surface area contributed by atoms with Crippen molar-refractivity contribution in [2.24, 2.45) is 0 Å². The number of rotatable bonds is 6. The van der Waals surface area contributed by atoms with Crippen molar-refractivity contribution in [1.82, 2.24) is 0 Å². The first kappa shape index (κ1) is 15.0. The SMILES string of the molecule is CC(C)Oc1ccc(C(=O)CC(=O)c2ccccc2)cc1. The quantitative estimate of drug-likeness (QED) is 0.595. The van der Waals surface area contributed by atoms with Gasteiger partial charge in [0.1, 0.15) is 5.75 Å². The van der Waals surface area contributed by atoms with Gasteiger partial charge in [-0.3, -0.25) is 9.59 Å². The van der Waals surface area contributed by atoms with E-state index < -0.39 is 0 Å². The van der Waals surface area contributed by atoms with Crippen molar-refractivity contribution >= 4 is 11.6 Å². The van der Waals surface area contributed by atoms with Crippen molar-refractivity contribution in [2.45, 2.75) is 26.4 Å². The maximum absolute atomic E-state index is 12.1. The molecule has 3 heteroatoms. The van der Waals surface area contributed by atoms with E-state index in [1.807, 2.05) is 19.9 Å². The van der Waals surface area contributed by atoms with E-state index in [2.05, 4.69) is 0 Å². The molecule has 0 fully saturated rings. The van der Waals surface area contributed by atoms with Gasteiger partial charge in [-0.25, -0.2) is 0 Å². The summed E-state index contributed by atoms with van der Waals surface area (Å²) in [6.45, 7) is 3.88. The molecule has 0 aromatic heterocycles. The van der Waals surface area contributed by atoms with Gasteiger partial charge < -0.3 is 4.74 Å². The molecule has 0 bridgehead atoms. The first-order valence-electron chi connectivity index (χ1n) is 6.94. The third-order valence-corrected chi connectivity index (χ3v) is 2.96. The van der Waals surface area contributed by atoms with Crippen LogP contribution in [0.2, 0.25) is 0 Å². The summed E-state index contributed by atoms with van der Waals surface area (Å²) in [4.78, 5) is 24.1. The van der Waals surface area contributed by atoms with Crippen molar-refractivity contribution in [2.75, 3.05) is 0 Å². The van der Waals surface area contributed by atoms with Crippen LogP contribution in [0.3, 0.4) is 0 Å². The first-order valence-corrected chi connectivity index (χ1v) is 6.94. The largest absolute Gasteiger partial charge is 0.491 e. The van der Waals surface area contributed by atoms with E-state index in [0.717, 1.165) is 5.75 Å². The molecule has 0 atom stereocenters. The van der Waals surface area contributed by atoms with E-state index in [0.29, 0.717) is 11.1 Å². The fraction of sp³-hybridized carbons (Fsp3) is 0.222. The van der Waals surface area contributed by atoms with E-state index in [1.165, 1.54) is 0 Å². The second-order valence-electron chi connectivity index (χ2n) is 5.08. The summed E-state index contributed by atoms with van der Waals surface area (Å²) in [5, 5.41) is 0. The molecule has 0 saturated heterocycles. The summed E-state index contributed by atoms with van der Waals surface area (Å²) in [5.41, 5.74) is 1.08. The van der Waals surface area contributed by atoms with Crippen LogP contribution in [0.1, 0.15) is 41.0 Å².